The number of carbonyl (C=O) groups is 2. The third kappa shape index (κ3) is 3.93. The van der Waals surface area contributed by atoms with Gasteiger partial charge in [0.2, 0.25) is 5.91 Å². The standard InChI is InChI=1S/C21H23N3O4/c1-12-5-7-14(8-6-12)23-20(25)18-13(2)22-21(26)24-19(18)16-10-9-15(27-3)11-17(16)28-4/h5-11,18-19H,2H2,1,3-4H3,(H,23,25)(H2,22,24,26)/t18-,19-/m0/s1. The molecule has 3 amide bonds. The van der Waals surface area contributed by atoms with E-state index in [0.717, 1.165) is 5.56 Å². The number of benzene rings is 2. The molecular formula is C21H23N3O4. The molecule has 0 unspecified atom stereocenters. The van der Waals surface area contributed by atoms with Gasteiger partial charge >= 0.3 is 6.03 Å². The number of amides is 3. The monoisotopic (exact) mass is 381 g/mol. The highest BCUT2D eigenvalue weighted by atomic mass is 16.5. The summed E-state index contributed by atoms with van der Waals surface area (Å²) in [6.45, 7) is 5.86. The molecule has 2 aromatic rings. The predicted molar refractivity (Wildman–Crippen MR) is 106 cm³/mol. The smallest absolute Gasteiger partial charge is 0.319 e. The van der Waals surface area contributed by atoms with E-state index in [1.807, 2.05) is 31.2 Å². The second kappa shape index (κ2) is 8.04. The summed E-state index contributed by atoms with van der Waals surface area (Å²) >= 11 is 0. The number of aryl methyl sites for hydroxylation is 1. The fourth-order valence-electron chi connectivity index (χ4n) is 3.18. The predicted octanol–water partition coefficient (Wildman–Crippen LogP) is 3.13. The van der Waals surface area contributed by atoms with E-state index in [9.17, 15) is 9.59 Å². The second-order valence-corrected chi connectivity index (χ2v) is 6.54. The number of carbonyl (C=O) groups excluding carboxylic acids is 2. The summed E-state index contributed by atoms with van der Waals surface area (Å²) in [4.78, 5) is 25.1. The van der Waals surface area contributed by atoms with E-state index >= 15 is 0 Å². The highest BCUT2D eigenvalue weighted by molar-refractivity contribution is 5.97. The number of ether oxygens (including phenoxy) is 2. The van der Waals surface area contributed by atoms with Crippen LogP contribution in [0.5, 0.6) is 11.5 Å². The van der Waals surface area contributed by atoms with Gasteiger partial charge in [-0.1, -0.05) is 24.3 Å². The quantitative estimate of drug-likeness (QED) is 0.742. The Bertz CT molecular complexity index is 908. The first kappa shape index (κ1) is 19.3. The minimum Gasteiger partial charge on any atom is -0.497 e. The van der Waals surface area contributed by atoms with Gasteiger partial charge in [-0.3, -0.25) is 4.79 Å². The van der Waals surface area contributed by atoms with E-state index in [-0.39, 0.29) is 5.91 Å². The summed E-state index contributed by atoms with van der Waals surface area (Å²) in [6, 6.07) is 11.6. The van der Waals surface area contributed by atoms with Crippen molar-refractivity contribution in [3.8, 4) is 11.5 Å². The molecule has 0 bridgehead atoms. The van der Waals surface area contributed by atoms with Crippen molar-refractivity contribution in [2.24, 2.45) is 5.92 Å². The summed E-state index contributed by atoms with van der Waals surface area (Å²) in [5.41, 5.74) is 2.73. The Hall–Kier alpha value is -3.48. The van der Waals surface area contributed by atoms with Crippen molar-refractivity contribution in [1.82, 2.24) is 10.6 Å². The van der Waals surface area contributed by atoms with Gasteiger partial charge in [0.25, 0.3) is 0 Å². The van der Waals surface area contributed by atoms with Crippen LogP contribution in [0.4, 0.5) is 10.5 Å². The SMILES string of the molecule is C=C1NC(=O)N[C@@H](c2ccc(OC)cc2OC)[C@H]1C(=O)Nc1ccc(C)cc1. The summed E-state index contributed by atoms with van der Waals surface area (Å²) < 4.78 is 10.7. The molecule has 1 saturated heterocycles. The van der Waals surface area contributed by atoms with Crippen molar-refractivity contribution >= 4 is 17.6 Å². The van der Waals surface area contributed by atoms with E-state index in [1.165, 1.54) is 7.11 Å². The van der Waals surface area contributed by atoms with Crippen molar-refractivity contribution in [2.45, 2.75) is 13.0 Å². The number of rotatable bonds is 5. The van der Waals surface area contributed by atoms with Crippen LogP contribution in [0, 0.1) is 12.8 Å². The zero-order valence-electron chi connectivity index (χ0n) is 16.0. The molecule has 2 aromatic carbocycles. The number of anilines is 1. The molecular weight excluding hydrogens is 358 g/mol. The summed E-state index contributed by atoms with van der Waals surface area (Å²) in [5.74, 6) is 0.0957. The van der Waals surface area contributed by atoms with Gasteiger partial charge in [0.05, 0.1) is 20.3 Å². The van der Waals surface area contributed by atoms with Crippen LogP contribution in [0.3, 0.4) is 0 Å². The van der Waals surface area contributed by atoms with E-state index in [1.54, 1.807) is 25.3 Å². The molecule has 0 spiro atoms. The Labute approximate surface area is 163 Å². The van der Waals surface area contributed by atoms with Gasteiger partial charge in [0.1, 0.15) is 17.4 Å². The van der Waals surface area contributed by atoms with Gasteiger partial charge in [-0.2, -0.15) is 0 Å². The number of hydrogen-bond donors (Lipinski definition) is 3. The molecule has 1 heterocycles. The maximum atomic E-state index is 13.0. The highest BCUT2D eigenvalue weighted by Crippen LogP contribution is 2.37. The molecule has 0 radical (unpaired) electrons. The molecule has 3 rings (SSSR count). The molecule has 146 valence electrons. The molecule has 1 aliphatic heterocycles. The van der Waals surface area contributed by atoms with Crippen LogP contribution in [-0.4, -0.2) is 26.2 Å². The lowest BCUT2D eigenvalue weighted by atomic mass is 9.87. The molecule has 1 aliphatic rings. The van der Waals surface area contributed by atoms with Crippen molar-refractivity contribution in [1.29, 1.82) is 0 Å². The van der Waals surface area contributed by atoms with Crippen LogP contribution in [0.15, 0.2) is 54.7 Å². The molecule has 1 fully saturated rings. The van der Waals surface area contributed by atoms with Gasteiger partial charge in [-0.15, -0.1) is 0 Å². The van der Waals surface area contributed by atoms with Gasteiger partial charge in [-0.25, -0.2) is 4.79 Å². The third-order valence-electron chi connectivity index (χ3n) is 4.65. The Kier molecular flexibility index (Phi) is 5.54. The Balaban J connectivity index is 1.94. The third-order valence-corrected chi connectivity index (χ3v) is 4.65. The first-order valence-electron chi connectivity index (χ1n) is 8.78. The van der Waals surface area contributed by atoms with Crippen LogP contribution < -0.4 is 25.4 Å². The maximum absolute atomic E-state index is 13.0. The first-order chi connectivity index (χ1) is 13.4. The minimum absolute atomic E-state index is 0.288. The van der Waals surface area contributed by atoms with Crippen molar-refractivity contribution in [2.75, 3.05) is 19.5 Å². The van der Waals surface area contributed by atoms with Crippen LogP contribution in [-0.2, 0) is 4.79 Å². The van der Waals surface area contributed by atoms with E-state index in [4.69, 9.17) is 9.47 Å². The number of urea groups is 1. The fourth-order valence-corrected chi connectivity index (χ4v) is 3.18. The van der Waals surface area contributed by atoms with Crippen LogP contribution in [0.1, 0.15) is 17.2 Å². The Morgan fingerprint density at radius 2 is 1.82 bits per heavy atom. The molecule has 0 saturated carbocycles. The molecule has 2 atom stereocenters. The lowest BCUT2D eigenvalue weighted by Crippen LogP contribution is -2.51. The molecule has 3 N–H and O–H groups in total. The zero-order chi connectivity index (χ0) is 20.3. The molecule has 7 nitrogen and oxygen atoms in total. The lowest BCUT2D eigenvalue weighted by Gasteiger charge is -2.34. The van der Waals surface area contributed by atoms with Gasteiger partial charge in [0.15, 0.2) is 0 Å². The number of methoxy groups -OCH3 is 2. The van der Waals surface area contributed by atoms with E-state index in [2.05, 4.69) is 22.5 Å². The van der Waals surface area contributed by atoms with E-state index in [0.29, 0.717) is 28.4 Å². The van der Waals surface area contributed by atoms with Crippen LogP contribution in [0.25, 0.3) is 0 Å². The summed E-state index contributed by atoms with van der Waals surface area (Å²) in [5, 5.41) is 8.29. The largest absolute Gasteiger partial charge is 0.497 e. The molecule has 28 heavy (non-hydrogen) atoms. The minimum atomic E-state index is -0.735. The van der Waals surface area contributed by atoms with Gasteiger partial charge < -0.3 is 25.4 Å². The summed E-state index contributed by atoms with van der Waals surface area (Å²) in [6.07, 6.45) is 0. The Morgan fingerprint density at radius 1 is 1.11 bits per heavy atom. The van der Waals surface area contributed by atoms with Crippen molar-refractivity contribution in [3.63, 3.8) is 0 Å². The lowest BCUT2D eigenvalue weighted by molar-refractivity contribution is -0.119. The Morgan fingerprint density at radius 3 is 2.46 bits per heavy atom. The zero-order valence-corrected chi connectivity index (χ0v) is 16.0. The average Bonchev–Trinajstić information content (AvgIpc) is 2.68. The average molecular weight is 381 g/mol. The topological polar surface area (TPSA) is 88.7 Å². The van der Waals surface area contributed by atoms with Crippen LogP contribution in [0.2, 0.25) is 0 Å². The summed E-state index contributed by atoms with van der Waals surface area (Å²) in [7, 11) is 3.08. The molecule has 0 aromatic heterocycles. The van der Waals surface area contributed by atoms with Crippen molar-refractivity contribution < 1.29 is 19.1 Å². The molecule has 7 heteroatoms. The molecule has 0 aliphatic carbocycles. The second-order valence-electron chi connectivity index (χ2n) is 6.54. The number of nitrogens with one attached hydrogen (secondary N) is 3. The highest BCUT2D eigenvalue weighted by Gasteiger charge is 2.39. The van der Waals surface area contributed by atoms with Crippen LogP contribution >= 0.6 is 0 Å². The normalized spacial score (nSPS) is 18.7. The van der Waals surface area contributed by atoms with Gasteiger partial charge in [-0.05, 0) is 31.2 Å². The fraction of sp³-hybridized carbons (Fsp3) is 0.238. The maximum Gasteiger partial charge on any atom is 0.319 e. The number of hydrogen-bond acceptors (Lipinski definition) is 4. The first-order valence-corrected chi connectivity index (χ1v) is 8.78. The van der Waals surface area contributed by atoms with Crippen molar-refractivity contribution in [3.05, 3.63) is 65.9 Å². The van der Waals surface area contributed by atoms with E-state index < -0.39 is 18.0 Å². The van der Waals surface area contributed by atoms with Gasteiger partial charge in [0, 0.05) is 23.0 Å².